The normalized spacial score (nSPS) is 13.1. The average molecular weight is 257 g/mol. The van der Waals surface area contributed by atoms with Crippen molar-refractivity contribution in [3.8, 4) is 5.75 Å². The maximum atomic E-state index is 10.2. The Balaban J connectivity index is 0.00000144. The summed E-state index contributed by atoms with van der Waals surface area (Å²) in [5.41, 5.74) is 0.983. The largest absolute Gasteiger partial charge is 0.506 e. The van der Waals surface area contributed by atoms with E-state index < -0.39 is 0 Å². The monoisotopic (exact) mass is 256 g/mol. The number of phenolic OH excluding ortho intramolecular Hbond substituents is 1. The van der Waals surface area contributed by atoms with Crippen LogP contribution in [0.4, 0.5) is 11.4 Å². The topological polar surface area (TPSA) is 85.8 Å². The first-order valence-electron chi connectivity index (χ1n) is 4.89. The molecule has 7 heteroatoms. The van der Waals surface area contributed by atoms with Crippen molar-refractivity contribution in [1.82, 2.24) is 10.6 Å². The molecule has 1 aliphatic heterocycles. The Morgan fingerprint density at radius 1 is 1.35 bits per heavy atom. The number of aliphatic imine (C=N–C) groups is 1. The van der Waals surface area contributed by atoms with Crippen LogP contribution in [0.5, 0.6) is 5.75 Å². The lowest BCUT2D eigenvalue weighted by Gasteiger charge is -2.04. The van der Waals surface area contributed by atoms with Gasteiger partial charge in [-0.15, -0.1) is 12.4 Å². The fourth-order valence-electron chi connectivity index (χ4n) is 1.41. The number of rotatable bonds is 3. The van der Waals surface area contributed by atoms with Crippen LogP contribution in [0.15, 0.2) is 23.2 Å². The van der Waals surface area contributed by atoms with E-state index >= 15 is 0 Å². The third-order valence-corrected chi connectivity index (χ3v) is 2.15. The molecule has 0 spiro atoms. The number of hydrogen-bond acceptors (Lipinski definition) is 3. The van der Waals surface area contributed by atoms with Gasteiger partial charge in [0.25, 0.3) is 0 Å². The molecule has 92 valence electrons. The Labute approximate surface area is 105 Å². The number of nitrogens with zero attached hydrogens (tertiary/aromatic N) is 1. The van der Waals surface area contributed by atoms with Crippen LogP contribution >= 0.6 is 12.4 Å². The number of benzene rings is 1. The lowest BCUT2D eigenvalue weighted by atomic mass is 10.2. The van der Waals surface area contributed by atoms with Crippen LogP contribution in [0.3, 0.4) is 0 Å². The maximum absolute atomic E-state index is 10.2. The highest BCUT2D eigenvalue weighted by molar-refractivity contribution is 5.85. The van der Waals surface area contributed by atoms with Crippen molar-refractivity contribution in [2.24, 2.45) is 4.99 Å². The van der Waals surface area contributed by atoms with Gasteiger partial charge in [-0.2, -0.15) is 0 Å². The molecule has 0 radical (unpaired) electrons. The Morgan fingerprint density at radius 3 is 2.65 bits per heavy atom. The first-order valence-corrected chi connectivity index (χ1v) is 4.89. The summed E-state index contributed by atoms with van der Waals surface area (Å²) in [4.78, 5) is 14.5. The van der Waals surface area contributed by atoms with Crippen LogP contribution in [-0.4, -0.2) is 30.6 Å². The summed E-state index contributed by atoms with van der Waals surface area (Å²) in [6, 6.07) is 4.79. The van der Waals surface area contributed by atoms with Gasteiger partial charge in [0.15, 0.2) is 5.96 Å². The van der Waals surface area contributed by atoms with E-state index in [2.05, 4.69) is 20.9 Å². The Kier molecular flexibility index (Phi) is 4.59. The molecule has 6 nitrogen and oxygen atoms in total. The van der Waals surface area contributed by atoms with E-state index in [0.717, 1.165) is 13.1 Å². The lowest BCUT2D eigenvalue weighted by Crippen LogP contribution is -2.23. The standard InChI is InChI=1S/C10H12N4O2.ClH/c15-6-13-8-2-1-7(5-9(8)16)14-10-11-3-4-12-10;/h1-2,5-6,16H,3-4H2,(H,13,15)(H2,11,12,14);1H. The zero-order chi connectivity index (χ0) is 11.4. The van der Waals surface area contributed by atoms with E-state index in [1.807, 2.05) is 0 Å². The molecule has 0 saturated carbocycles. The molecule has 1 fully saturated rings. The molecule has 1 aromatic rings. The van der Waals surface area contributed by atoms with E-state index in [0.29, 0.717) is 23.7 Å². The minimum atomic E-state index is -0.00746. The molecule has 2 rings (SSSR count). The fourth-order valence-corrected chi connectivity index (χ4v) is 1.41. The number of guanidine groups is 1. The minimum absolute atomic E-state index is 0. The second-order valence-electron chi connectivity index (χ2n) is 3.28. The molecular formula is C10H13ClN4O2. The Bertz CT molecular complexity index is 428. The quantitative estimate of drug-likeness (QED) is 0.470. The molecule has 1 amide bonds. The number of carbonyl (C=O) groups is 1. The number of amides is 1. The average Bonchev–Trinajstić information content (AvgIpc) is 2.75. The summed E-state index contributed by atoms with van der Waals surface area (Å²) < 4.78 is 0. The van der Waals surface area contributed by atoms with Crippen LogP contribution < -0.4 is 16.0 Å². The van der Waals surface area contributed by atoms with Gasteiger partial charge in [-0.1, -0.05) is 0 Å². The zero-order valence-corrected chi connectivity index (χ0v) is 9.75. The predicted molar refractivity (Wildman–Crippen MR) is 68.1 cm³/mol. The summed E-state index contributed by atoms with van der Waals surface area (Å²) in [5.74, 6) is 0.683. The van der Waals surface area contributed by atoms with Crippen LogP contribution in [0.2, 0.25) is 0 Å². The third kappa shape index (κ3) is 3.25. The number of carbonyl (C=O) groups excluding carboxylic acids is 1. The van der Waals surface area contributed by atoms with Crippen molar-refractivity contribution in [3.05, 3.63) is 18.2 Å². The van der Waals surface area contributed by atoms with Crippen molar-refractivity contribution in [1.29, 1.82) is 0 Å². The highest BCUT2D eigenvalue weighted by atomic mass is 35.5. The zero-order valence-electron chi connectivity index (χ0n) is 8.93. The predicted octanol–water partition coefficient (Wildman–Crippen LogP) is 0.563. The molecular weight excluding hydrogens is 244 g/mol. The number of anilines is 1. The van der Waals surface area contributed by atoms with E-state index in [9.17, 15) is 9.90 Å². The number of hydrogen-bond donors (Lipinski definition) is 4. The highest BCUT2D eigenvalue weighted by Crippen LogP contribution is 2.27. The van der Waals surface area contributed by atoms with Gasteiger partial charge in [0, 0.05) is 19.2 Å². The smallest absolute Gasteiger partial charge is 0.211 e. The molecule has 1 saturated heterocycles. The van der Waals surface area contributed by atoms with Crippen molar-refractivity contribution in [2.45, 2.75) is 0 Å². The lowest BCUT2D eigenvalue weighted by molar-refractivity contribution is -0.105. The first-order chi connectivity index (χ1) is 7.79. The number of halogens is 1. The molecule has 1 aliphatic rings. The molecule has 0 atom stereocenters. The Morgan fingerprint density at radius 2 is 2.06 bits per heavy atom. The molecule has 1 aromatic carbocycles. The van der Waals surface area contributed by atoms with Gasteiger partial charge >= 0.3 is 0 Å². The van der Waals surface area contributed by atoms with Gasteiger partial charge in [-0.25, -0.2) is 4.99 Å². The van der Waals surface area contributed by atoms with Crippen molar-refractivity contribution in [3.63, 3.8) is 0 Å². The molecule has 0 unspecified atom stereocenters. The van der Waals surface area contributed by atoms with Gasteiger partial charge in [0.05, 0.1) is 11.4 Å². The summed E-state index contributed by atoms with van der Waals surface area (Å²) in [6.07, 6.45) is 0.515. The van der Waals surface area contributed by atoms with Crippen LogP contribution in [0, 0.1) is 0 Å². The minimum Gasteiger partial charge on any atom is -0.506 e. The summed E-state index contributed by atoms with van der Waals surface area (Å²) >= 11 is 0. The number of aromatic hydroxyl groups is 1. The van der Waals surface area contributed by atoms with Crippen molar-refractivity contribution in [2.75, 3.05) is 18.4 Å². The van der Waals surface area contributed by atoms with Gasteiger partial charge in [0.1, 0.15) is 5.75 Å². The number of nitrogens with one attached hydrogen (secondary N) is 3. The summed E-state index contributed by atoms with van der Waals surface area (Å²) in [5, 5.41) is 18.1. The first kappa shape index (κ1) is 13.1. The van der Waals surface area contributed by atoms with Crippen LogP contribution in [0.25, 0.3) is 0 Å². The second-order valence-corrected chi connectivity index (χ2v) is 3.28. The molecule has 4 N–H and O–H groups in total. The molecule has 0 aliphatic carbocycles. The number of phenols is 1. The van der Waals surface area contributed by atoms with Crippen LogP contribution in [-0.2, 0) is 4.79 Å². The van der Waals surface area contributed by atoms with Gasteiger partial charge < -0.3 is 21.1 Å². The van der Waals surface area contributed by atoms with E-state index in [1.165, 1.54) is 6.07 Å². The second kappa shape index (κ2) is 5.95. The molecule has 0 bridgehead atoms. The Hall–Kier alpha value is -1.95. The third-order valence-electron chi connectivity index (χ3n) is 2.15. The maximum Gasteiger partial charge on any atom is 0.211 e. The summed E-state index contributed by atoms with van der Waals surface area (Å²) in [7, 11) is 0. The van der Waals surface area contributed by atoms with Gasteiger partial charge in [-0.05, 0) is 12.1 Å². The van der Waals surface area contributed by atoms with E-state index in [-0.39, 0.29) is 18.2 Å². The van der Waals surface area contributed by atoms with Gasteiger partial charge in [0.2, 0.25) is 6.41 Å². The fraction of sp³-hybridized carbons (Fsp3) is 0.200. The van der Waals surface area contributed by atoms with E-state index in [1.54, 1.807) is 12.1 Å². The van der Waals surface area contributed by atoms with Gasteiger partial charge in [-0.3, -0.25) is 4.79 Å². The molecule has 0 aromatic heterocycles. The van der Waals surface area contributed by atoms with Crippen molar-refractivity contribution < 1.29 is 9.90 Å². The van der Waals surface area contributed by atoms with Crippen LogP contribution in [0.1, 0.15) is 0 Å². The highest BCUT2D eigenvalue weighted by Gasteiger charge is 2.06. The summed E-state index contributed by atoms with van der Waals surface area (Å²) in [6.45, 7) is 1.69. The molecule has 17 heavy (non-hydrogen) atoms. The SMILES string of the molecule is Cl.O=CNc1ccc(N=C2NCCN2)cc1O. The van der Waals surface area contributed by atoms with Crippen molar-refractivity contribution >= 4 is 36.2 Å². The van der Waals surface area contributed by atoms with E-state index in [4.69, 9.17) is 0 Å². The molecule has 1 heterocycles.